The van der Waals surface area contributed by atoms with E-state index in [1.807, 2.05) is 12.3 Å². The molecule has 0 saturated carbocycles. The summed E-state index contributed by atoms with van der Waals surface area (Å²) in [6, 6.07) is 5.43. The lowest BCUT2D eigenvalue weighted by Crippen LogP contribution is -2.09. The minimum atomic E-state index is -1.88. The van der Waals surface area contributed by atoms with Crippen molar-refractivity contribution in [2.45, 2.75) is 11.3 Å². The molecule has 0 bridgehead atoms. The first kappa shape index (κ1) is 15.6. The first-order valence-corrected chi connectivity index (χ1v) is 8.22. The molecule has 6 nitrogen and oxygen atoms in total. The van der Waals surface area contributed by atoms with Crippen molar-refractivity contribution >= 4 is 22.0 Å². The number of aromatic nitrogens is 2. The number of nitrogens with two attached hydrogens (primary N) is 2. The molecule has 0 aliphatic rings. The van der Waals surface area contributed by atoms with Crippen molar-refractivity contribution in [2.24, 2.45) is 0 Å². The van der Waals surface area contributed by atoms with Gasteiger partial charge in [0.25, 0.3) is 0 Å². The van der Waals surface area contributed by atoms with Gasteiger partial charge in [-0.15, -0.1) is 0 Å². The first-order chi connectivity index (χ1) is 10.00. The van der Waals surface area contributed by atoms with Crippen LogP contribution in [-0.2, 0) is 14.8 Å². The molecule has 0 amide bonds. The third-order valence-electron chi connectivity index (χ3n) is 3.28. The Hall–Kier alpha value is -1.83. The topological polar surface area (TPSA) is 96.3 Å². The van der Waals surface area contributed by atoms with Crippen molar-refractivity contribution in [2.75, 3.05) is 31.9 Å². The maximum Gasteiger partial charge on any atom is 0.132 e. The fourth-order valence-corrected chi connectivity index (χ4v) is 3.31. The van der Waals surface area contributed by atoms with Crippen molar-refractivity contribution in [3.63, 3.8) is 0 Å². The molecule has 114 valence electrons. The van der Waals surface area contributed by atoms with E-state index in [-0.39, 0.29) is 0 Å². The quantitative estimate of drug-likeness (QED) is 0.822. The Bertz CT molecular complexity index is 618. The number of nitrogens with zero attached hydrogens (tertiary/aromatic N) is 2. The van der Waals surface area contributed by atoms with E-state index in [9.17, 15) is 0 Å². The van der Waals surface area contributed by atoms with Crippen LogP contribution in [0.25, 0.3) is 0 Å². The molecule has 4 N–H and O–H groups in total. The van der Waals surface area contributed by atoms with Crippen LogP contribution < -0.4 is 11.5 Å². The smallest absolute Gasteiger partial charge is 0.132 e. The van der Waals surface area contributed by atoms with Crippen LogP contribution in [0.15, 0.2) is 35.5 Å². The van der Waals surface area contributed by atoms with Gasteiger partial charge in [-0.2, -0.15) is 10.6 Å². The molecule has 1 aromatic heterocycles. The summed E-state index contributed by atoms with van der Waals surface area (Å²) in [5.41, 5.74) is 14.2. The summed E-state index contributed by atoms with van der Waals surface area (Å²) >= 11 is 0. The molecule has 2 aromatic rings. The highest BCUT2D eigenvalue weighted by Gasteiger charge is 2.20. The zero-order valence-electron chi connectivity index (χ0n) is 12.4. The van der Waals surface area contributed by atoms with Gasteiger partial charge in [-0.1, -0.05) is 0 Å². The van der Waals surface area contributed by atoms with Crippen LogP contribution in [0.5, 0.6) is 0 Å². The van der Waals surface area contributed by atoms with Crippen LogP contribution in [-0.4, -0.2) is 30.4 Å². The van der Waals surface area contributed by atoms with Gasteiger partial charge in [-0.25, -0.2) is 9.97 Å². The lowest BCUT2D eigenvalue weighted by Gasteiger charge is -2.38. The molecule has 0 spiro atoms. The van der Waals surface area contributed by atoms with E-state index in [1.54, 1.807) is 38.7 Å². The van der Waals surface area contributed by atoms with Gasteiger partial charge >= 0.3 is 0 Å². The SMILES string of the molecule is COS(C)(OC)c1cc(Cc2ncccn2)c(N)cc1N. The molecule has 21 heavy (non-hydrogen) atoms. The fraction of sp³-hybridized carbons (Fsp3) is 0.286. The molecule has 0 saturated heterocycles. The molecule has 7 heteroatoms. The third-order valence-corrected chi connectivity index (χ3v) is 5.70. The van der Waals surface area contributed by atoms with Crippen LogP contribution in [0.4, 0.5) is 11.4 Å². The Balaban J connectivity index is 2.44. The fourth-order valence-electron chi connectivity index (χ4n) is 1.97. The highest BCUT2D eigenvalue weighted by atomic mass is 32.3. The van der Waals surface area contributed by atoms with Crippen LogP contribution in [0.3, 0.4) is 0 Å². The van der Waals surface area contributed by atoms with E-state index in [1.165, 1.54) is 0 Å². The van der Waals surface area contributed by atoms with Crippen molar-refractivity contribution in [1.82, 2.24) is 9.97 Å². The van der Waals surface area contributed by atoms with Crippen molar-refractivity contribution in [1.29, 1.82) is 0 Å². The Morgan fingerprint density at radius 1 is 1.05 bits per heavy atom. The zero-order valence-corrected chi connectivity index (χ0v) is 13.2. The second kappa shape index (κ2) is 6.30. The second-order valence-electron chi connectivity index (χ2n) is 4.54. The van der Waals surface area contributed by atoms with E-state index in [0.29, 0.717) is 23.6 Å². The molecule has 1 heterocycles. The molecule has 0 atom stereocenters. The van der Waals surface area contributed by atoms with Crippen LogP contribution in [0.1, 0.15) is 11.4 Å². The van der Waals surface area contributed by atoms with Gasteiger partial charge < -0.3 is 11.5 Å². The maximum absolute atomic E-state index is 6.07. The van der Waals surface area contributed by atoms with E-state index >= 15 is 0 Å². The molecule has 2 rings (SSSR count). The highest BCUT2D eigenvalue weighted by Crippen LogP contribution is 2.56. The van der Waals surface area contributed by atoms with Gasteiger partial charge in [0.1, 0.15) is 5.82 Å². The number of hydrogen-bond acceptors (Lipinski definition) is 6. The monoisotopic (exact) mass is 308 g/mol. The average Bonchev–Trinajstić information content (AvgIpc) is 2.50. The minimum absolute atomic E-state index is 0.531. The Morgan fingerprint density at radius 3 is 2.24 bits per heavy atom. The van der Waals surface area contributed by atoms with Gasteiger partial charge in [0.15, 0.2) is 0 Å². The van der Waals surface area contributed by atoms with Crippen LogP contribution >= 0.6 is 10.6 Å². The molecule has 0 fully saturated rings. The van der Waals surface area contributed by atoms with E-state index in [4.69, 9.17) is 19.8 Å². The predicted octanol–water partition coefficient (Wildman–Crippen LogP) is 2.15. The standard InChI is InChI=1S/C14H20N4O2S/c1-19-21(3,20-2)13-7-10(11(15)9-12(13)16)8-14-17-5-4-6-18-14/h4-7,9H,8,15-16H2,1-3H3. The number of rotatable bonds is 5. The maximum atomic E-state index is 6.07. The summed E-state index contributed by atoms with van der Waals surface area (Å²) in [6.45, 7) is 0. The average molecular weight is 308 g/mol. The molecule has 0 unspecified atom stereocenters. The van der Waals surface area contributed by atoms with Crippen molar-refractivity contribution in [3.8, 4) is 0 Å². The van der Waals surface area contributed by atoms with Crippen LogP contribution in [0, 0.1) is 0 Å². The van der Waals surface area contributed by atoms with Gasteiger partial charge in [-0.3, -0.25) is 8.37 Å². The Labute approximate surface area is 126 Å². The number of nitrogen functional groups attached to an aromatic ring is 2. The zero-order chi connectivity index (χ0) is 15.5. The molecule has 0 radical (unpaired) electrons. The molecule has 0 aliphatic heterocycles. The lowest BCUT2D eigenvalue weighted by molar-refractivity contribution is 0.351. The molecule has 0 aliphatic carbocycles. The summed E-state index contributed by atoms with van der Waals surface area (Å²) in [5.74, 6) is 0.700. The van der Waals surface area contributed by atoms with Crippen LogP contribution in [0.2, 0.25) is 0 Å². The second-order valence-corrected chi connectivity index (χ2v) is 7.19. The summed E-state index contributed by atoms with van der Waals surface area (Å²) in [4.78, 5) is 9.24. The van der Waals surface area contributed by atoms with E-state index in [0.717, 1.165) is 10.5 Å². The normalized spacial score (nSPS) is 12.3. The summed E-state index contributed by atoms with van der Waals surface area (Å²) in [5, 5.41) is 0. The highest BCUT2D eigenvalue weighted by molar-refractivity contribution is 8.25. The number of anilines is 2. The summed E-state index contributed by atoms with van der Waals surface area (Å²) in [6.07, 6.45) is 5.83. The van der Waals surface area contributed by atoms with E-state index < -0.39 is 10.6 Å². The molecule has 1 aromatic carbocycles. The molecular formula is C14H20N4O2S. The largest absolute Gasteiger partial charge is 0.398 e. The van der Waals surface area contributed by atoms with E-state index in [2.05, 4.69) is 9.97 Å². The van der Waals surface area contributed by atoms with Gasteiger partial charge in [0.2, 0.25) is 0 Å². The van der Waals surface area contributed by atoms with Crippen molar-refractivity contribution < 1.29 is 8.37 Å². The lowest BCUT2D eigenvalue weighted by atomic mass is 10.1. The summed E-state index contributed by atoms with van der Waals surface area (Å²) < 4.78 is 11.0. The minimum Gasteiger partial charge on any atom is -0.398 e. The van der Waals surface area contributed by atoms with Gasteiger partial charge in [0.05, 0.1) is 24.8 Å². The Morgan fingerprint density at radius 2 is 1.67 bits per heavy atom. The van der Waals surface area contributed by atoms with Gasteiger partial charge in [-0.05, 0) is 23.8 Å². The summed E-state index contributed by atoms with van der Waals surface area (Å²) in [7, 11) is 1.33. The number of hydrogen-bond donors (Lipinski definition) is 2. The number of benzene rings is 1. The molecular weight excluding hydrogens is 288 g/mol. The third kappa shape index (κ3) is 3.26. The first-order valence-electron chi connectivity index (χ1n) is 6.33. The predicted molar refractivity (Wildman–Crippen MR) is 85.9 cm³/mol. The van der Waals surface area contributed by atoms with Gasteiger partial charge in [0, 0.05) is 30.8 Å². The Kier molecular flexibility index (Phi) is 4.66. The van der Waals surface area contributed by atoms with Crippen molar-refractivity contribution in [3.05, 3.63) is 42.0 Å².